The van der Waals surface area contributed by atoms with Crippen LogP contribution in [-0.4, -0.2) is 40.0 Å². The summed E-state index contributed by atoms with van der Waals surface area (Å²) >= 11 is 0. The molecule has 0 aliphatic carbocycles. The number of rotatable bonds is 3. The normalized spacial score (nSPS) is 19.8. The van der Waals surface area contributed by atoms with Gasteiger partial charge in [0.15, 0.2) is 11.5 Å². The Kier molecular flexibility index (Phi) is 3.65. The third-order valence-corrected chi connectivity index (χ3v) is 4.46. The summed E-state index contributed by atoms with van der Waals surface area (Å²) in [6, 6.07) is 7.50. The third kappa shape index (κ3) is 2.76. The minimum atomic E-state index is 0.0557. The minimum absolute atomic E-state index is 0.0557. The zero-order chi connectivity index (χ0) is 15.6. The van der Waals surface area contributed by atoms with Crippen LogP contribution in [0, 0.1) is 0 Å². The summed E-state index contributed by atoms with van der Waals surface area (Å²) in [5.41, 5.74) is 0.654. The first-order valence-corrected chi connectivity index (χ1v) is 7.99. The van der Waals surface area contributed by atoms with E-state index in [1.54, 1.807) is 12.3 Å². The van der Waals surface area contributed by atoms with Gasteiger partial charge in [-0.15, -0.1) is 0 Å². The number of fused-ring (bicyclic) bond motifs is 1. The molecule has 6 heteroatoms. The number of carbonyl (C=O) groups is 1. The molecule has 0 radical (unpaired) electrons. The van der Waals surface area contributed by atoms with E-state index in [0.717, 1.165) is 32.4 Å². The smallest absolute Gasteiger partial charge is 0.254 e. The molecule has 1 aromatic heterocycles. The van der Waals surface area contributed by atoms with E-state index >= 15 is 0 Å². The Bertz CT molecular complexity index is 699. The van der Waals surface area contributed by atoms with Gasteiger partial charge in [0.25, 0.3) is 5.91 Å². The number of benzene rings is 1. The van der Waals surface area contributed by atoms with Gasteiger partial charge in [-0.2, -0.15) is 5.10 Å². The van der Waals surface area contributed by atoms with E-state index in [-0.39, 0.29) is 18.7 Å². The van der Waals surface area contributed by atoms with Crippen LogP contribution in [-0.2, 0) is 6.54 Å². The second-order valence-corrected chi connectivity index (χ2v) is 5.94. The topological polar surface area (TPSA) is 56.6 Å². The maximum Gasteiger partial charge on any atom is 0.254 e. The molecule has 6 nitrogen and oxygen atoms in total. The van der Waals surface area contributed by atoms with Crippen LogP contribution >= 0.6 is 0 Å². The third-order valence-electron chi connectivity index (χ3n) is 4.46. The molecule has 3 heterocycles. The average molecular weight is 313 g/mol. The molecule has 0 spiro atoms. The second-order valence-electron chi connectivity index (χ2n) is 5.94. The molecule has 2 aromatic rings. The summed E-state index contributed by atoms with van der Waals surface area (Å²) in [4.78, 5) is 14.9. The molecule has 1 aromatic carbocycles. The number of nitrogens with zero attached hydrogens (tertiary/aromatic N) is 3. The molecule has 4 rings (SSSR count). The highest BCUT2D eigenvalue weighted by Gasteiger charge is 2.28. The second kappa shape index (κ2) is 5.95. The van der Waals surface area contributed by atoms with Crippen molar-refractivity contribution >= 4 is 5.91 Å². The molecule has 1 atom stereocenters. The van der Waals surface area contributed by atoms with Crippen LogP contribution in [0.15, 0.2) is 36.7 Å². The molecule has 1 saturated heterocycles. The van der Waals surface area contributed by atoms with Crippen molar-refractivity contribution in [2.24, 2.45) is 0 Å². The van der Waals surface area contributed by atoms with Crippen LogP contribution in [0.1, 0.15) is 29.6 Å². The molecule has 1 fully saturated rings. The number of ether oxygens (including phenoxy) is 2. The molecule has 0 bridgehead atoms. The van der Waals surface area contributed by atoms with Crippen molar-refractivity contribution < 1.29 is 14.3 Å². The van der Waals surface area contributed by atoms with Crippen molar-refractivity contribution in [1.82, 2.24) is 14.7 Å². The number of hydrogen-bond donors (Lipinski definition) is 0. The van der Waals surface area contributed by atoms with Crippen LogP contribution in [0.3, 0.4) is 0 Å². The Morgan fingerprint density at radius 1 is 1.26 bits per heavy atom. The Morgan fingerprint density at radius 3 is 3.04 bits per heavy atom. The fourth-order valence-corrected chi connectivity index (χ4v) is 3.28. The molecule has 23 heavy (non-hydrogen) atoms. The molecule has 120 valence electrons. The highest BCUT2D eigenvalue weighted by Crippen LogP contribution is 2.33. The van der Waals surface area contributed by atoms with E-state index in [1.165, 1.54) is 0 Å². The number of amides is 1. The SMILES string of the molecule is O=C(c1ccc2c(c1)OCO2)N1CCCC[C@@H]1Cn1cccn1. The van der Waals surface area contributed by atoms with Crippen molar-refractivity contribution in [3.8, 4) is 11.5 Å². The van der Waals surface area contributed by atoms with Crippen LogP contribution in [0.2, 0.25) is 0 Å². The first kappa shape index (κ1) is 14.1. The van der Waals surface area contributed by atoms with E-state index in [9.17, 15) is 4.79 Å². The van der Waals surface area contributed by atoms with Crippen LogP contribution in [0.4, 0.5) is 0 Å². The molecule has 0 N–H and O–H groups in total. The summed E-state index contributed by atoms with van der Waals surface area (Å²) in [5, 5.41) is 4.27. The van der Waals surface area contributed by atoms with Crippen LogP contribution in [0.25, 0.3) is 0 Å². The highest BCUT2D eigenvalue weighted by atomic mass is 16.7. The van der Waals surface area contributed by atoms with Gasteiger partial charge in [-0.1, -0.05) is 0 Å². The van der Waals surface area contributed by atoms with E-state index in [2.05, 4.69) is 5.10 Å². The van der Waals surface area contributed by atoms with Crippen molar-refractivity contribution in [2.75, 3.05) is 13.3 Å². The lowest BCUT2D eigenvalue weighted by Crippen LogP contribution is -2.45. The van der Waals surface area contributed by atoms with Gasteiger partial charge < -0.3 is 14.4 Å². The zero-order valence-electron chi connectivity index (χ0n) is 12.9. The van der Waals surface area contributed by atoms with Crippen LogP contribution in [0.5, 0.6) is 11.5 Å². The van der Waals surface area contributed by atoms with E-state index < -0.39 is 0 Å². The predicted octanol–water partition coefficient (Wildman–Crippen LogP) is 2.31. The van der Waals surface area contributed by atoms with E-state index in [0.29, 0.717) is 17.1 Å². The monoisotopic (exact) mass is 313 g/mol. The van der Waals surface area contributed by atoms with Gasteiger partial charge in [-0.25, -0.2) is 0 Å². The average Bonchev–Trinajstić information content (AvgIpc) is 3.25. The van der Waals surface area contributed by atoms with Gasteiger partial charge in [-0.3, -0.25) is 9.48 Å². The van der Waals surface area contributed by atoms with Crippen molar-refractivity contribution in [3.63, 3.8) is 0 Å². The number of hydrogen-bond acceptors (Lipinski definition) is 4. The first-order valence-electron chi connectivity index (χ1n) is 7.99. The number of carbonyl (C=O) groups excluding carboxylic acids is 1. The first-order chi connectivity index (χ1) is 11.3. The zero-order valence-corrected chi connectivity index (χ0v) is 12.9. The van der Waals surface area contributed by atoms with Gasteiger partial charge in [0.2, 0.25) is 6.79 Å². The molecule has 1 amide bonds. The molecule has 2 aliphatic heterocycles. The Labute approximate surface area is 134 Å². The molecular formula is C17H19N3O3. The minimum Gasteiger partial charge on any atom is -0.454 e. The fourth-order valence-electron chi connectivity index (χ4n) is 3.28. The van der Waals surface area contributed by atoms with Crippen molar-refractivity contribution in [3.05, 3.63) is 42.2 Å². The lowest BCUT2D eigenvalue weighted by Gasteiger charge is -2.35. The highest BCUT2D eigenvalue weighted by molar-refractivity contribution is 5.95. The van der Waals surface area contributed by atoms with Crippen molar-refractivity contribution in [1.29, 1.82) is 0 Å². The van der Waals surface area contributed by atoms with Crippen molar-refractivity contribution in [2.45, 2.75) is 31.8 Å². The fraction of sp³-hybridized carbons (Fsp3) is 0.412. The standard InChI is InChI=1S/C17H19N3O3/c21-17(13-5-6-15-16(10-13)23-12-22-15)20-9-2-1-4-14(20)11-19-8-3-7-18-19/h3,5-8,10,14H,1-2,4,9,11-12H2/t14-/m1/s1. The Balaban J connectivity index is 1.55. The number of likely N-dealkylation sites (tertiary alicyclic amines) is 1. The summed E-state index contributed by atoms with van der Waals surface area (Å²) in [6.45, 7) is 1.75. The quantitative estimate of drug-likeness (QED) is 0.872. The Hall–Kier alpha value is -2.50. The van der Waals surface area contributed by atoms with Gasteiger partial charge >= 0.3 is 0 Å². The van der Waals surface area contributed by atoms with Gasteiger partial charge in [0.1, 0.15) is 0 Å². The Morgan fingerprint density at radius 2 is 2.17 bits per heavy atom. The largest absolute Gasteiger partial charge is 0.454 e. The summed E-state index contributed by atoms with van der Waals surface area (Å²) in [5.74, 6) is 1.41. The maximum absolute atomic E-state index is 12.9. The molecule has 0 unspecified atom stereocenters. The van der Waals surface area contributed by atoms with Crippen LogP contribution < -0.4 is 9.47 Å². The predicted molar refractivity (Wildman–Crippen MR) is 83.5 cm³/mol. The van der Waals surface area contributed by atoms with E-state index in [4.69, 9.17) is 9.47 Å². The molecular weight excluding hydrogens is 294 g/mol. The summed E-state index contributed by atoms with van der Waals surface area (Å²) in [7, 11) is 0. The lowest BCUT2D eigenvalue weighted by atomic mass is 10.0. The van der Waals surface area contributed by atoms with E-state index in [1.807, 2.05) is 34.0 Å². The maximum atomic E-state index is 12.9. The molecule has 0 saturated carbocycles. The molecule has 2 aliphatic rings. The summed E-state index contributed by atoms with van der Waals surface area (Å²) in [6.07, 6.45) is 6.92. The van der Waals surface area contributed by atoms with Gasteiger partial charge in [0.05, 0.1) is 12.6 Å². The van der Waals surface area contributed by atoms with Gasteiger partial charge in [-0.05, 0) is 43.5 Å². The lowest BCUT2D eigenvalue weighted by molar-refractivity contribution is 0.0583. The summed E-state index contributed by atoms with van der Waals surface area (Å²) < 4.78 is 12.6. The van der Waals surface area contributed by atoms with Gasteiger partial charge in [0, 0.05) is 24.5 Å². The number of piperidine rings is 1. The number of aromatic nitrogens is 2.